The Hall–Kier alpha value is -0.0300. The van der Waals surface area contributed by atoms with E-state index in [1.807, 2.05) is 11.3 Å². The molecule has 3 atom stereocenters. The van der Waals surface area contributed by atoms with Gasteiger partial charge in [-0.3, -0.25) is 0 Å². The van der Waals surface area contributed by atoms with E-state index < -0.39 is 0 Å². The molecule has 1 N–H and O–H groups in total. The molecule has 19 heavy (non-hydrogen) atoms. The summed E-state index contributed by atoms with van der Waals surface area (Å²) in [5, 5.41) is 5.99. The predicted octanol–water partition coefficient (Wildman–Crippen LogP) is 3.32. The monoisotopic (exact) mass is 297 g/mol. The van der Waals surface area contributed by atoms with Crippen LogP contribution in [0.3, 0.4) is 0 Å². The molecule has 3 rings (SSSR count). The molecule has 0 bridgehead atoms. The average Bonchev–Trinajstić information content (AvgIpc) is 3.02. The largest absolute Gasteiger partial charge is 0.374 e. The standard InChI is InChI=1S/C15H23NOS2/c1-12(9-14-3-2-7-19-14)16-13-4-6-17-15(10-13)5-8-18-11-15/h2-3,7,12-13,16H,4-6,8-11H2,1H3. The lowest BCUT2D eigenvalue weighted by molar-refractivity contribution is -0.0711. The molecule has 106 valence electrons. The van der Waals surface area contributed by atoms with Crippen molar-refractivity contribution in [2.45, 2.75) is 50.3 Å². The second-order valence-electron chi connectivity index (χ2n) is 5.87. The van der Waals surface area contributed by atoms with E-state index in [1.54, 1.807) is 0 Å². The predicted molar refractivity (Wildman–Crippen MR) is 84.3 cm³/mol. The number of rotatable bonds is 4. The molecule has 2 fully saturated rings. The van der Waals surface area contributed by atoms with Crippen LogP contribution >= 0.6 is 23.1 Å². The molecular formula is C15H23NOS2. The van der Waals surface area contributed by atoms with Crippen LogP contribution in [0.25, 0.3) is 0 Å². The summed E-state index contributed by atoms with van der Waals surface area (Å²) in [5.74, 6) is 2.47. The third-order valence-electron chi connectivity index (χ3n) is 4.17. The number of nitrogens with one attached hydrogen (secondary N) is 1. The molecule has 0 amide bonds. The Morgan fingerprint density at radius 3 is 3.26 bits per heavy atom. The van der Waals surface area contributed by atoms with Gasteiger partial charge in [0.2, 0.25) is 0 Å². The first-order valence-electron chi connectivity index (χ1n) is 7.26. The lowest BCUT2D eigenvalue weighted by Gasteiger charge is -2.39. The number of hydrogen-bond donors (Lipinski definition) is 1. The Labute approximate surface area is 124 Å². The van der Waals surface area contributed by atoms with Gasteiger partial charge in [0.1, 0.15) is 0 Å². The van der Waals surface area contributed by atoms with Gasteiger partial charge in [-0.25, -0.2) is 0 Å². The molecule has 3 heterocycles. The SMILES string of the molecule is CC(Cc1cccs1)NC1CCOC2(CCSC2)C1. The molecule has 0 saturated carbocycles. The summed E-state index contributed by atoms with van der Waals surface area (Å²) in [5.41, 5.74) is 0.198. The molecule has 1 spiro atoms. The fraction of sp³-hybridized carbons (Fsp3) is 0.733. The second kappa shape index (κ2) is 6.17. The van der Waals surface area contributed by atoms with Crippen LogP contribution in [0.5, 0.6) is 0 Å². The van der Waals surface area contributed by atoms with E-state index in [-0.39, 0.29) is 5.60 Å². The molecular weight excluding hydrogens is 274 g/mol. The van der Waals surface area contributed by atoms with E-state index >= 15 is 0 Å². The van der Waals surface area contributed by atoms with Gasteiger partial charge in [-0.2, -0.15) is 11.8 Å². The maximum absolute atomic E-state index is 6.09. The highest BCUT2D eigenvalue weighted by Crippen LogP contribution is 2.38. The Kier molecular flexibility index (Phi) is 4.52. The molecule has 1 aromatic heterocycles. The summed E-state index contributed by atoms with van der Waals surface area (Å²) in [6.45, 7) is 3.25. The molecule has 3 unspecified atom stereocenters. The molecule has 4 heteroatoms. The maximum Gasteiger partial charge on any atom is 0.0795 e. The first kappa shape index (κ1) is 13.9. The van der Waals surface area contributed by atoms with Crippen LogP contribution in [0.2, 0.25) is 0 Å². The molecule has 2 aliphatic rings. The van der Waals surface area contributed by atoms with Crippen LogP contribution in [0, 0.1) is 0 Å². The minimum atomic E-state index is 0.198. The minimum Gasteiger partial charge on any atom is -0.374 e. The molecule has 2 nitrogen and oxygen atoms in total. The smallest absolute Gasteiger partial charge is 0.0795 e. The number of ether oxygens (including phenoxy) is 1. The normalized spacial score (nSPS) is 32.8. The van der Waals surface area contributed by atoms with Crippen molar-refractivity contribution in [3.8, 4) is 0 Å². The Balaban J connectivity index is 1.51. The van der Waals surface area contributed by atoms with E-state index in [9.17, 15) is 0 Å². The van der Waals surface area contributed by atoms with Crippen LogP contribution in [0.1, 0.15) is 31.1 Å². The number of thiophene rings is 1. The van der Waals surface area contributed by atoms with Gasteiger partial charge in [-0.05, 0) is 49.8 Å². The lowest BCUT2D eigenvalue weighted by Crippen LogP contribution is -2.49. The third-order valence-corrected chi connectivity index (χ3v) is 6.29. The third kappa shape index (κ3) is 3.54. The fourth-order valence-electron chi connectivity index (χ4n) is 3.23. The van der Waals surface area contributed by atoms with Crippen molar-refractivity contribution in [2.75, 3.05) is 18.1 Å². The van der Waals surface area contributed by atoms with Gasteiger partial charge in [-0.15, -0.1) is 11.3 Å². The van der Waals surface area contributed by atoms with E-state index in [0.717, 1.165) is 13.0 Å². The Morgan fingerprint density at radius 2 is 2.53 bits per heavy atom. The van der Waals surface area contributed by atoms with Gasteiger partial charge in [0, 0.05) is 29.3 Å². The highest BCUT2D eigenvalue weighted by Gasteiger charge is 2.40. The van der Waals surface area contributed by atoms with Gasteiger partial charge in [0.05, 0.1) is 5.60 Å². The fourth-order valence-corrected chi connectivity index (χ4v) is 5.44. The van der Waals surface area contributed by atoms with Crippen LogP contribution in [0.4, 0.5) is 0 Å². The molecule has 0 aromatic carbocycles. The quantitative estimate of drug-likeness (QED) is 0.921. The highest BCUT2D eigenvalue weighted by molar-refractivity contribution is 7.99. The molecule has 0 aliphatic carbocycles. The summed E-state index contributed by atoms with van der Waals surface area (Å²) < 4.78 is 6.09. The Morgan fingerprint density at radius 1 is 1.58 bits per heavy atom. The van der Waals surface area contributed by atoms with Crippen molar-refractivity contribution in [1.82, 2.24) is 5.32 Å². The van der Waals surface area contributed by atoms with E-state index in [2.05, 4.69) is 41.5 Å². The van der Waals surface area contributed by atoms with Crippen molar-refractivity contribution in [2.24, 2.45) is 0 Å². The molecule has 2 aliphatic heterocycles. The van der Waals surface area contributed by atoms with Crippen molar-refractivity contribution in [3.63, 3.8) is 0 Å². The Bertz CT molecular complexity index is 387. The molecule has 2 saturated heterocycles. The van der Waals surface area contributed by atoms with Crippen molar-refractivity contribution in [3.05, 3.63) is 22.4 Å². The van der Waals surface area contributed by atoms with Gasteiger partial charge in [-0.1, -0.05) is 6.07 Å². The zero-order valence-electron chi connectivity index (χ0n) is 11.6. The van der Waals surface area contributed by atoms with Gasteiger partial charge >= 0.3 is 0 Å². The summed E-state index contributed by atoms with van der Waals surface area (Å²) in [6.07, 6.45) is 4.77. The van der Waals surface area contributed by atoms with Gasteiger partial charge in [0.15, 0.2) is 0 Å². The lowest BCUT2D eigenvalue weighted by atomic mass is 9.89. The zero-order chi connectivity index (χ0) is 13.1. The minimum absolute atomic E-state index is 0.198. The molecule has 0 radical (unpaired) electrons. The summed E-state index contributed by atoms with van der Waals surface area (Å²) in [4.78, 5) is 1.48. The summed E-state index contributed by atoms with van der Waals surface area (Å²) in [7, 11) is 0. The van der Waals surface area contributed by atoms with Crippen LogP contribution in [-0.2, 0) is 11.2 Å². The van der Waals surface area contributed by atoms with Crippen LogP contribution < -0.4 is 5.32 Å². The van der Waals surface area contributed by atoms with Gasteiger partial charge < -0.3 is 10.1 Å². The first-order valence-corrected chi connectivity index (χ1v) is 9.29. The van der Waals surface area contributed by atoms with Crippen molar-refractivity contribution in [1.29, 1.82) is 0 Å². The van der Waals surface area contributed by atoms with Gasteiger partial charge in [0.25, 0.3) is 0 Å². The summed E-state index contributed by atoms with van der Waals surface area (Å²) in [6, 6.07) is 5.59. The topological polar surface area (TPSA) is 21.3 Å². The van der Waals surface area contributed by atoms with E-state index in [4.69, 9.17) is 4.74 Å². The van der Waals surface area contributed by atoms with Crippen LogP contribution in [-0.4, -0.2) is 35.8 Å². The summed E-state index contributed by atoms with van der Waals surface area (Å²) >= 11 is 3.92. The molecule has 1 aromatic rings. The first-order chi connectivity index (χ1) is 9.26. The highest BCUT2D eigenvalue weighted by atomic mass is 32.2. The number of hydrogen-bond acceptors (Lipinski definition) is 4. The average molecular weight is 297 g/mol. The van der Waals surface area contributed by atoms with Crippen molar-refractivity contribution >= 4 is 23.1 Å². The van der Waals surface area contributed by atoms with Crippen molar-refractivity contribution < 1.29 is 4.74 Å². The van der Waals surface area contributed by atoms with E-state index in [1.165, 1.54) is 35.6 Å². The zero-order valence-corrected chi connectivity index (χ0v) is 13.2. The second-order valence-corrected chi connectivity index (χ2v) is 8.01. The van der Waals surface area contributed by atoms with Crippen LogP contribution in [0.15, 0.2) is 17.5 Å². The maximum atomic E-state index is 6.09. The van der Waals surface area contributed by atoms with E-state index in [0.29, 0.717) is 12.1 Å². The number of thioether (sulfide) groups is 1.